The lowest BCUT2D eigenvalue weighted by Crippen LogP contribution is -2.54. The second-order valence-electron chi connectivity index (χ2n) is 9.23. The molecule has 2 aromatic carbocycles. The maximum atomic E-state index is 13.6. The second kappa shape index (κ2) is 11.4. The summed E-state index contributed by atoms with van der Waals surface area (Å²) < 4.78 is 37.0. The molecular weight excluding hydrogens is 470 g/mol. The molecule has 1 N–H and O–H groups in total. The van der Waals surface area contributed by atoms with Crippen molar-refractivity contribution in [2.24, 2.45) is 0 Å². The number of sulfonamides is 1. The number of amides is 2. The zero-order chi connectivity index (χ0) is 26.4. The Bertz CT molecular complexity index is 1130. The average molecular weight is 506 g/mol. The summed E-state index contributed by atoms with van der Waals surface area (Å²) in [5.74, 6) is -0.164. The van der Waals surface area contributed by atoms with E-state index >= 15 is 0 Å². The molecule has 0 spiro atoms. The van der Waals surface area contributed by atoms with E-state index in [1.807, 2.05) is 51.1 Å². The Labute approximate surface area is 208 Å². The van der Waals surface area contributed by atoms with Crippen LogP contribution in [0.4, 0.5) is 5.69 Å². The molecule has 1 atom stereocenters. The number of benzene rings is 2. The van der Waals surface area contributed by atoms with E-state index in [4.69, 9.17) is 9.47 Å². The normalized spacial score (nSPS) is 12.4. The van der Waals surface area contributed by atoms with Crippen LogP contribution in [0.15, 0.2) is 48.5 Å². The van der Waals surface area contributed by atoms with E-state index in [9.17, 15) is 18.0 Å². The number of nitrogens with zero attached hydrogens (tertiary/aromatic N) is 2. The molecular formula is C25H35N3O6S. The van der Waals surface area contributed by atoms with Crippen LogP contribution in [0.5, 0.6) is 11.5 Å². The van der Waals surface area contributed by atoms with Crippen molar-refractivity contribution in [2.75, 3.05) is 31.3 Å². The van der Waals surface area contributed by atoms with E-state index in [1.54, 1.807) is 19.1 Å². The van der Waals surface area contributed by atoms with E-state index in [0.717, 1.165) is 16.1 Å². The van der Waals surface area contributed by atoms with Crippen LogP contribution in [0.1, 0.15) is 33.3 Å². The molecule has 0 heterocycles. The Morgan fingerprint density at radius 1 is 1.03 bits per heavy atom. The summed E-state index contributed by atoms with van der Waals surface area (Å²) in [5.41, 5.74) is 0.502. The highest BCUT2D eigenvalue weighted by atomic mass is 32.2. The van der Waals surface area contributed by atoms with Gasteiger partial charge in [0, 0.05) is 18.2 Å². The fourth-order valence-electron chi connectivity index (χ4n) is 3.42. The molecule has 2 aromatic rings. The molecule has 2 amide bonds. The minimum absolute atomic E-state index is 0.135. The third kappa shape index (κ3) is 7.88. The first-order valence-corrected chi connectivity index (χ1v) is 13.0. The number of carbonyl (C=O) groups excluding carboxylic acids is 2. The Kier molecular flexibility index (Phi) is 9.14. The molecule has 192 valence electrons. The van der Waals surface area contributed by atoms with Crippen LogP contribution in [0.25, 0.3) is 0 Å². The van der Waals surface area contributed by atoms with Gasteiger partial charge in [-0.05, 0) is 45.4 Å². The highest BCUT2D eigenvalue weighted by molar-refractivity contribution is 7.92. The van der Waals surface area contributed by atoms with Gasteiger partial charge in [0.25, 0.3) is 0 Å². The first-order valence-electron chi connectivity index (χ1n) is 11.1. The quantitative estimate of drug-likeness (QED) is 0.532. The monoisotopic (exact) mass is 505 g/mol. The van der Waals surface area contributed by atoms with E-state index in [0.29, 0.717) is 5.75 Å². The summed E-state index contributed by atoms with van der Waals surface area (Å²) in [7, 11) is -0.994. The minimum atomic E-state index is -3.88. The van der Waals surface area contributed by atoms with Gasteiger partial charge in [-0.1, -0.05) is 30.3 Å². The van der Waals surface area contributed by atoms with Gasteiger partial charge in [0.2, 0.25) is 21.8 Å². The lowest BCUT2D eigenvalue weighted by molar-refractivity contribution is -0.140. The molecule has 0 aliphatic heterocycles. The maximum absolute atomic E-state index is 13.6. The van der Waals surface area contributed by atoms with E-state index in [1.165, 1.54) is 25.2 Å². The first-order chi connectivity index (χ1) is 16.3. The van der Waals surface area contributed by atoms with Crippen molar-refractivity contribution in [1.29, 1.82) is 0 Å². The fraction of sp³-hybridized carbons (Fsp3) is 0.440. The highest BCUT2D eigenvalue weighted by Crippen LogP contribution is 2.33. The number of methoxy groups -OCH3 is 2. The number of anilines is 1. The molecule has 0 aliphatic carbocycles. The first kappa shape index (κ1) is 28.0. The summed E-state index contributed by atoms with van der Waals surface area (Å²) in [6, 6.07) is 13.0. The van der Waals surface area contributed by atoms with Crippen molar-refractivity contribution in [3.63, 3.8) is 0 Å². The SMILES string of the molecule is COc1ccc(N(CC(=O)N(Cc2ccccc2)C(C)C(=O)NC(C)(C)C)S(C)(=O)=O)c(OC)c1. The molecule has 0 aliphatic rings. The van der Waals surface area contributed by atoms with Gasteiger partial charge in [-0.3, -0.25) is 13.9 Å². The minimum Gasteiger partial charge on any atom is -0.497 e. The second-order valence-corrected chi connectivity index (χ2v) is 11.1. The Morgan fingerprint density at radius 3 is 2.17 bits per heavy atom. The van der Waals surface area contributed by atoms with Crippen LogP contribution in [0, 0.1) is 0 Å². The van der Waals surface area contributed by atoms with E-state index < -0.39 is 34.1 Å². The van der Waals surface area contributed by atoms with Gasteiger partial charge >= 0.3 is 0 Å². The summed E-state index contributed by atoms with van der Waals surface area (Å²) in [6.45, 7) is 6.80. The number of nitrogens with one attached hydrogen (secondary N) is 1. The number of hydrogen-bond donors (Lipinski definition) is 1. The Hall–Kier alpha value is -3.27. The Balaban J connectivity index is 2.45. The summed E-state index contributed by atoms with van der Waals surface area (Å²) in [6.07, 6.45) is 1.02. The third-order valence-corrected chi connectivity index (χ3v) is 6.32. The fourth-order valence-corrected chi connectivity index (χ4v) is 4.28. The number of carbonyl (C=O) groups is 2. The van der Waals surface area contributed by atoms with Crippen LogP contribution in [-0.4, -0.2) is 63.7 Å². The molecule has 0 fully saturated rings. The molecule has 0 saturated heterocycles. The lowest BCUT2D eigenvalue weighted by Gasteiger charge is -2.33. The molecule has 9 nitrogen and oxygen atoms in total. The number of rotatable bonds is 10. The van der Waals surface area contributed by atoms with E-state index in [-0.39, 0.29) is 23.9 Å². The molecule has 0 aromatic heterocycles. The molecule has 2 rings (SSSR count). The number of hydrogen-bond acceptors (Lipinski definition) is 6. The van der Waals surface area contributed by atoms with Gasteiger partial charge in [0.1, 0.15) is 24.1 Å². The molecule has 10 heteroatoms. The van der Waals surface area contributed by atoms with Crippen LogP contribution in [0.2, 0.25) is 0 Å². The van der Waals surface area contributed by atoms with Crippen LogP contribution in [-0.2, 0) is 26.2 Å². The van der Waals surface area contributed by atoms with Crippen LogP contribution in [0.3, 0.4) is 0 Å². The average Bonchev–Trinajstić information content (AvgIpc) is 2.78. The predicted molar refractivity (Wildman–Crippen MR) is 136 cm³/mol. The molecule has 0 saturated carbocycles. The third-order valence-electron chi connectivity index (χ3n) is 5.20. The molecule has 0 radical (unpaired) electrons. The van der Waals surface area contributed by atoms with Crippen molar-refractivity contribution in [2.45, 2.75) is 45.8 Å². The molecule has 35 heavy (non-hydrogen) atoms. The van der Waals surface area contributed by atoms with Gasteiger partial charge in [-0.2, -0.15) is 0 Å². The van der Waals surface area contributed by atoms with Crippen molar-refractivity contribution in [1.82, 2.24) is 10.2 Å². The van der Waals surface area contributed by atoms with Gasteiger partial charge < -0.3 is 19.7 Å². The predicted octanol–water partition coefficient (Wildman–Crippen LogP) is 2.80. The van der Waals surface area contributed by atoms with Gasteiger partial charge in [0.15, 0.2) is 0 Å². The topological polar surface area (TPSA) is 105 Å². The molecule has 0 bridgehead atoms. The Morgan fingerprint density at radius 2 is 1.66 bits per heavy atom. The number of ether oxygens (including phenoxy) is 2. The van der Waals surface area contributed by atoms with Crippen molar-refractivity contribution < 1.29 is 27.5 Å². The van der Waals surface area contributed by atoms with Gasteiger partial charge in [-0.15, -0.1) is 0 Å². The highest BCUT2D eigenvalue weighted by Gasteiger charge is 2.32. The standard InChI is InChI=1S/C25H35N3O6S/c1-18(24(30)26-25(2,3)4)27(16-19-11-9-8-10-12-19)23(29)17-28(35(7,31)32)21-14-13-20(33-5)15-22(21)34-6/h8-15,18H,16-17H2,1-7H3,(H,26,30). The van der Waals surface area contributed by atoms with Crippen molar-refractivity contribution in [3.05, 3.63) is 54.1 Å². The summed E-state index contributed by atoms with van der Waals surface area (Å²) in [4.78, 5) is 27.9. The maximum Gasteiger partial charge on any atom is 0.244 e. The summed E-state index contributed by atoms with van der Waals surface area (Å²) in [5, 5.41) is 2.89. The van der Waals surface area contributed by atoms with Crippen LogP contribution < -0.4 is 19.1 Å². The van der Waals surface area contributed by atoms with Gasteiger partial charge in [0.05, 0.1) is 26.2 Å². The zero-order valence-corrected chi connectivity index (χ0v) is 22.2. The van der Waals surface area contributed by atoms with E-state index in [2.05, 4.69) is 5.32 Å². The smallest absolute Gasteiger partial charge is 0.244 e. The van der Waals surface area contributed by atoms with Crippen molar-refractivity contribution in [3.8, 4) is 11.5 Å². The zero-order valence-electron chi connectivity index (χ0n) is 21.4. The summed E-state index contributed by atoms with van der Waals surface area (Å²) >= 11 is 0. The van der Waals surface area contributed by atoms with Crippen LogP contribution >= 0.6 is 0 Å². The molecule has 1 unspecified atom stereocenters. The van der Waals surface area contributed by atoms with Crippen molar-refractivity contribution >= 4 is 27.5 Å². The largest absolute Gasteiger partial charge is 0.497 e. The lowest BCUT2D eigenvalue weighted by atomic mass is 10.1. The van der Waals surface area contributed by atoms with Gasteiger partial charge in [-0.25, -0.2) is 8.42 Å².